The molecule has 2 unspecified atom stereocenters. The van der Waals surface area contributed by atoms with Gasteiger partial charge in [-0.05, 0) is 42.8 Å². The number of hydrogen-bond acceptors (Lipinski definition) is 3. The van der Waals surface area contributed by atoms with E-state index in [0.717, 1.165) is 23.3 Å². The Labute approximate surface area is 146 Å². The molecule has 5 heteroatoms. The van der Waals surface area contributed by atoms with Gasteiger partial charge < -0.3 is 14.4 Å². The Morgan fingerprint density at radius 1 is 1.16 bits per heavy atom. The zero-order valence-corrected chi connectivity index (χ0v) is 14.5. The molecule has 25 heavy (non-hydrogen) atoms. The van der Waals surface area contributed by atoms with E-state index in [-0.39, 0.29) is 12.4 Å². The predicted octanol–water partition coefficient (Wildman–Crippen LogP) is 4.13. The van der Waals surface area contributed by atoms with Crippen LogP contribution in [0.25, 0.3) is 11.0 Å². The molecule has 0 radical (unpaired) electrons. The number of rotatable bonds is 7. The number of imidazole rings is 1. The normalized spacial score (nSPS) is 13.8. The van der Waals surface area contributed by atoms with Crippen molar-refractivity contribution in [3.05, 3.63) is 60.2 Å². The Morgan fingerprint density at radius 3 is 2.60 bits per heavy atom. The molecule has 0 aliphatic carbocycles. The lowest BCUT2D eigenvalue weighted by Crippen LogP contribution is -2.25. The maximum Gasteiger partial charge on any atom is 0.123 e. The molecule has 4 nitrogen and oxygen atoms in total. The molecule has 1 aromatic heterocycles. The van der Waals surface area contributed by atoms with Crippen LogP contribution in [0, 0.1) is 5.82 Å². The molecule has 0 spiro atoms. The Morgan fingerprint density at radius 2 is 1.88 bits per heavy atom. The lowest BCUT2D eigenvalue weighted by Gasteiger charge is -2.17. The van der Waals surface area contributed by atoms with Gasteiger partial charge in [0, 0.05) is 5.92 Å². The zero-order chi connectivity index (χ0) is 17.8. The third-order valence-electron chi connectivity index (χ3n) is 4.39. The maximum absolute atomic E-state index is 12.9. The van der Waals surface area contributed by atoms with Crippen LogP contribution in [-0.4, -0.2) is 27.4 Å². The van der Waals surface area contributed by atoms with Crippen LogP contribution >= 0.6 is 0 Å². The van der Waals surface area contributed by atoms with Crippen LogP contribution in [0.15, 0.2) is 48.5 Å². The number of aliphatic hydroxyl groups is 1. The molecule has 0 saturated carbocycles. The average molecular weight is 342 g/mol. The van der Waals surface area contributed by atoms with Crippen molar-refractivity contribution in [1.29, 1.82) is 0 Å². The topological polar surface area (TPSA) is 47.3 Å². The van der Waals surface area contributed by atoms with Crippen molar-refractivity contribution >= 4 is 11.0 Å². The van der Waals surface area contributed by atoms with Crippen LogP contribution in [0.1, 0.15) is 32.0 Å². The molecule has 132 valence electrons. The first-order valence-corrected chi connectivity index (χ1v) is 8.60. The van der Waals surface area contributed by atoms with Crippen LogP contribution in [0.2, 0.25) is 0 Å². The van der Waals surface area contributed by atoms with Crippen molar-refractivity contribution in [3.8, 4) is 5.75 Å². The first-order chi connectivity index (χ1) is 12.1. The van der Waals surface area contributed by atoms with E-state index in [1.807, 2.05) is 24.3 Å². The van der Waals surface area contributed by atoms with E-state index in [0.29, 0.717) is 18.2 Å². The third kappa shape index (κ3) is 3.99. The summed E-state index contributed by atoms with van der Waals surface area (Å²) in [5.41, 5.74) is 1.95. The number of nitrogens with zero attached hydrogens (tertiary/aromatic N) is 2. The minimum atomic E-state index is -0.689. The molecule has 0 aliphatic heterocycles. The van der Waals surface area contributed by atoms with Crippen LogP contribution in [0.5, 0.6) is 5.75 Å². The molecule has 3 aromatic rings. The van der Waals surface area contributed by atoms with Crippen molar-refractivity contribution in [1.82, 2.24) is 9.55 Å². The number of aliphatic hydroxyl groups excluding tert-OH is 1. The van der Waals surface area contributed by atoms with Gasteiger partial charge in [-0.2, -0.15) is 0 Å². The van der Waals surface area contributed by atoms with E-state index >= 15 is 0 Å². The van der Waals surface area contributed by atoms with Gasteiger partial charge in [0.15, 0.2) is 0 Å². The number of aromatic nitrogens is 2. The maximum atomic E-state index is 12.9. The molecule has 0 amide bonds. The number of halogens is 1. The summed E-state index contributed by atoms with van der Waals surface area (Å²) < 4.78 is 20.6. The molecular formula is C20H23FN2O2. The molecule has 2 aromatic carbocycles. The fourth-order valence-electron chi connectivity index (χ4n) is 2.83. The van der Waals surface area contributed by atoms with Gasteiger partial charge in [-0.25, -0.2) is 9.37 Å². The predicted molar refractivity (Wildman–Crippen MR) is 96.3 cm³/mol. The zero-order valence-electron chi connectivity index (χ0n) is 14.5. The minimum Gasteiger partial charge on any atom is -0.491 e. The molecule has 0 bridgehead atoms. The van der Waals surface area contributed by atoms with E-state index < -0.39 is 6.10 Å². The van der Waals surface area contributed by atoms with Crippen LogP contribution < -0.4 is 4.74 Å². The number of fused-ring (bicyclic) bond motifs is 1. The van der Waals surface area contributed by atoms with Crippen molar-refractivity contribution in [2.45, 2.75) is 38.8 Å². The van der Waals surface area contributed by atoms with Gasteiger partial charge in [-0.1, -0.05) is 26.0 Å². The fourth-order valence-corrected chi connectivity index (χ4v) is 2.83. The van der Waals surface area contributed by atoms with Gasteiger partial charge in [-0.15, -0.1) is 0 Å². The van der Waals surface area contributed by atoms with E-state index in [4.69, 9.17) is 9.72 Å². The van der Waals surface area contributed by atoms with Crippen molar-refractivity contribution in [3.63, 3.8) is 0 Å². The third-order valence-corrected chi connectivity index (χ3v) is 4.39. The van der Waals surface area contributed by atoms with E-state index in [1.165, 1.54) is 12.1 Å². The number of hydrogen-bond donors (Lipinski definition) is 1. The Hall–Kier alpha value is -2.40. The number of ether oxygens (including phenoxy) is 1. The summed E-state index contributed by atoms with van der Waals surface area (Å²) in [6, 6.07) is 13.7. The van der Waals surface area contributed by atoms with Crippen LogP contribution in [0.4, 0.5) is 4.39 Å². The molecule has 3 rings (SSSR count). The van der Waals surface area contributed by atoms with Gasteiger partial charge >= 0.3 is 0 Å². The standard InChI is InChI=1S/C20H23FN2O2/c1-3-14(2)20-22-18-6-4-5-7-19(18)23(20)12-16(24)13-25-17-10-8-15(21)9-11-17/h4-11,14,16,24H,3,12-13H2,1-2H3. The lowest BCUT2D eigenvalue weighted by molar-refractivity contribution is 0.0924. The molecule has 1 heterocycles. The Bertz CT molecular complexity index is 829. The summed E-state index contributed by atoms with van der Waals surface area (Å²) in [5.74, 6) is 1.51. The second-order valence-electron chi connectivity index (χ2n) is 6.30. The first-order valence-electron chi connectivity index (χ1n) is 8.60. The summed E-state index contributed by atoms with van der Waals surface area (Å²) in [5, 5.41) is 10.4. The highest BCUT2D eigenvalue weighted by Crippen LogP contribution is 2.24. The van der Waals surface area contributed by atoms with Gasteiger partial charge in [-0.3, -0.25) is 0 Å². The second-order valence-corrected chi connectivity index (χ2v) is 6.30. The highest BCUT2D eigenvalue weighted by molar-refractivity contribution is 5.76. The van der Waals surface area contributed by atoms with Crippen LogP contribution in [-0.2, 0) is 6.54 Å². The summed E-state index contributed by atoms with van der Waals surface area (Å²) in [7, 11) is 0. The summed E-state index contributed by atoms with van der Waals surface area (Å²) >= 11 is 0. The van der Waals surface area contributed by atoms with Gasteiger partial charge in [0.2, 0.25) is 0 Å². The van der Waals surface area contributed by atoms with Gasteiger partial charge in [0.25, 0.3) is 0 Å². The van der Waals surface area contributed by atoms with Crippen molar-refractivity contribution in [2.75, 3.05) is 6.61 Å². The fraction of sp³-hybridized carbons (Fsp3) is 0.350. The minimum absolute atomic E-state index is 0.137. The average Bonchev–Trinajstić information content (AvgIpc) is 2.99. The van der Waals surface area contributed by atoms with E-state index in [2.05, 4.69) is 18.4 Å². The van der Waals surface area contributed by atoms with E-state index in [1.54, 1.807) is 12.1 Å². The van der Waals surface area contributed by atoms with Gasteiger partial charge in [0.1, 0.15) is 30.1 Å². The SMILES string of the molecule is CCC(C)c1nc2ccccc2n1CC(O)COc1ccc(F)cc1. The summed E-state index contributed by atoms with van der Waals surface area (Å²) in [6.45, 7) is 4.81. The molecule has 0 aliphatic rings. The molecular weight excluding hydrogens is 319 g/mol. The van der Waals surface area contributed by atoms with E-state index in [9.17, 15) is 9.50 Å². The lowest BCUT2D eigenvalue weighted by atomic mass is 10.1. The highest BCUT2D eigenvalue weighted by Gasteiger charge is 2.18. The van der Waals surface area contributed by atoms with Gasteiger partial charge in [0.05, 0.1) is 17.6 Å². The monoisotopic (exact) mass is 342 g/mol. The number of benzene rings is 2. The Balaban J connectivity index is 1.75. The van der Waals surface area contributed by atoms with Crippen molar-refractivity contribution in [2.24, 2.45) is 0 Å². The van der Waals surface area contributed by atoms with Crippen LogP contribution in [0.3, 0.4) is 0 Å². The summed E-state index contributed by atoms with van der Waals surface area (Å²) in [4.78, 5) is 4.73. The largest absolute Gasteiger partial charge is 0.491 e. The Kier molecular flexibility index (Phi) is 5.34. The first kappa shape index (κ1) is 17.4. The molecule has 0 fully saturated rings. The number of para-hydroxylation sites is 2. The quantitative estimate of drug-likeness (QED) is 0.702. The van der Waals surface area contributed by atoms with Crippen molar-refractivity contribution < 1.29 is 14.2 Å². The second kappa shape index (κ2) is 7.66. The molecule has 0 saturated heterocycles. The summed E-state index contributed by atoms with van der Waals surface area (Å²) in [6.07, 6.45) is 0.288. The smallest absolute Gasteiger partial charge is 0.123 e. The molecule has 1 N–H and O–H groups in total. The highest BCUT2D eigenvalue weighted by atomic mass is 19.1. The molecule has 2 atom stereocenters.